The third-order valence-electron chi connectivity index (χ3n) is 6.08. The highest BCUT2D eigenvalue weighted by Crippen LogP contribution is 2.36. The fourth-order valence-electron chi connectivity index (χ4n) is 4.26. The molecule has 0 unspecified atom stereocenters. The molecule has 1 fully saturated rings. The Bertz CT molecular complexity index is 1120. The van der Waals surface area contributed by atoms with E-state index in [1.165, 1.54) is 19.1 Å². The Labute approximate surface area is 185 Å². The molecule has 0 aliphatic heterocycles. The van der Waals surface area contributed by atoms with Crippen molar-refractivity contribution in [2.24, 2.45) is 0 Å². The summed E-state index contributed by atoms with van der Waals surface area (Å²) in [5, 5.41) is 17.3. The molecular weight excluding hydrogens is 417 g/mol. The Kier molecular flexibility index (Phi) is 6.12. The Morgan fingerprint density at radius 2 is 1.84 bits per heavy atom. The van der Waals surface area contributed by atoms with E-state index in [4.69, 9.17) is 11.6 Å². The third-order valence-corrected chi connectivity index (χ3v) is 6.37. The number of nitrogens with zero attached hydrogens (tertiary/aromatic N) is 1. The zero-order valence-corrected chi connectivity index (χ0v) is 18.3. The molecule has 0 atom stereocenters. The number of pyridine rings is 1. The van der Waals surface area contributed by atoms with E-state index in [-0.39, 0.29) is 16.8 Å². The number of aromatic hydroxyl groups is 1. The lowest BCUT2D eigenvalue weighted by Gasteiger charge is -2.30. The topological polar surface area (TPSA) is 74.2 Å². The van der Waals surface area contributed by atoms with E-state index in [1.807, 2.05) is 25.2 Å². The van der Waals surface area contributed by atoms with Crippen LogP contribution in [0.1, 0.15) is 43.0 Å². The van der Waals surface area contributed by atoms with Crippen LogP contribution in [0.25, 0.3) is 22.0 Å². The monoisotopic (exact) mass is 441 g/mol. The number of hydrogen-bond donors (Lipinski definition) is 3. The molecule has 162 valence electrons. The Balaban J connectivity index is 1.78. The molecule has 0 bridgehead atoms. The van der Waals surface area contributed by atoms with Crippen LogP contribution in [-0.4, -0.2) is 35.0 Å². The molecule has 0 saturated heterocycles. The molecule has 1 aromatic heterocycles. The number of phenolic OH excluding ortho intramolecular Hbond substituents is 1. The standard InChI is InChI=1S/C24H25ClFN3O2/c1-13(30)19-12-28-22-8-3-14(15-10-20(25)24(31)21(26)11-15)9-18(22)23(19)29-17-6-4-16(27-2)5-7-17/h3,8-12,16-17,27,31H,4-7H2,1-2H3,(H,28,29). The smallest absolute Gasteiger partial charge is 0.170 e. The van der Waals surface area contributed by atoms with Gasteiger partial charge in [0.2, 0.25) is 0 Å². The summed E-state index contributed by atoms with van der Waals surface area (Å²) >= 11 is 5.97. The summed E-state index contributed by atoms with van der Waals surface area (Å²) in [7, 11) is 1.99. The maximum Gasteiger partial charge on any atom is 0.170 e. The third kappa shape index (κ3) is 4.36. The van der Waals surface area contributed by atoms with E-state index in [0.29, 0.717) is 17.2 Å². The number of anilines is 1. The number of nitrogens with one attached hydrogen (secondary N) is 2. The van der Waals surface area contributed by atoms with E-state index in [2.05, 4.69) is 15.6 Å². The van der Waals surface area contributed by atoms with Gasteiger partial charge in [-0.3, -0.25) is 9.78 Å². The van der Waals surface area contributed by atoms with Crippen molar-refractivity contribution in [2.45, 2.75) is 44.7 Å². The number of carbonyl (C=O) groups excluding carboxylic acids is 1. The second-order valence-electron chi connectivity index (χ2n) is 8.11. The number of carbonyl (C=O) groups is 1. The first kappa shape index (κ1) is 21.5. The molecule has 1 aliphatic carbocycles. The van der Waals surface area contributed by atoms with Crippen LogP contribution in [0.4, 0.5) is 10.1 Å². The maximum absolute atomic E-state index is 14.0. The van der Waals surface area contributed by atoms with E-state index in [9.17, 15) is 14.3 Å². The minimum atomic E-state index is -0.780. The van der Waals surface area contributed by atoms with Gasteiger partial charge in [0.15, 0.2) is 17.3 Å². The van der Waals surface area contributed by atoms with Gasteiger partial charge in [-0.25, -0.2) is 4.39 Å². The summed E-state index contributed by atoms with van der Waals surface area (Å²) in [6.45, 7) is 1.53. The van der Waals surface area contributed by atoms with Gasteiger partial charge in [0.25, 0.3) is 0 Å². The van der Waals surface area contributed by atoms with Crippen LogP contribution in [0, 0.1) is 5.82 Å². The summed E-state index contributed by atoms with van der Waals surface area (Å²) < 4.78 is 14.0. The second-order valence-corrected chi connectivity index (χ2v) is 8.51. The molecule has 3 aromatic rings. The number of Topliss-reactive ketones (excluding diaryl/α,β-unsaturated/α-hetero) is 1. The van der Waals surface area contributed by atoms with Crippen LogP contribution in [0.5, 0.6) is 5.75 Å². The molecule has 4 rings (SSSR count). The fraction of sp³-hybridized carbons (Fsp3) is 0.333. The van der Waals surface area contributed by atoms with Crippen LogP contribution < -0.4 is 10.6 Å². The van der Waals surface area contributed by atoms with Gasteiger partial charge < -0.3 is 15.7 Å². The first-order chi connectivity index (χ1) is 14.9. The van der Waals surface area contributed by atoms with Gasteiger partial charge in [0, 0.05) is 23.7 Å². The van der Waals surface area contributed by atoms with E-state index >= 15 is 0 Å². The number of ketones is 1. The highest BCUT2D eigenvalue weighted by Gasteiger charge is 2.22. The lowest BCUT2D eigenvalue weighted by atomic mass is 9.90. The van der Waals surface area contributed by atoms with Crippen molar-refractivity contribution in [3.05, 3.63) is 52.9 Å². The van der Waals surface area contributed by atoms with Gasteiger partial charge in [-0.15, -0.1) is 0 Å². The quantitative estimate of drug-likeness (QED) is 0.453. The minimum Gasteiger partial charge on any atom is -0.504 e. The molecule has 5 nitrogen and oxygen atoms in total. The molecular formula is C24H25ClFN3O2. The fourth-order valence-corrected chi connectivity index (χ4v) is 4.47. The van der Waals surface area contributed by atoms with Gasteiger partial charge in [-0.1, -0.05) is 17.7 Å². The molecule has 0 amide bonds. The van der Waals surface area contributed by atoms with Gasteiger partial charge >= 0.3 is 0 Å². The SMILES string of the molecule is CNC1CCC(Nc2c(C(C)=O)cnc3ccc(-c4cc(F)c(O)c(Cl)c4)cc23)CC1. The number of aromatic nitrogens is 1. The average molecular weight is 442 g/mol. The van der Waals surface area contributed by atoms with Crippen LogP contribution in [0.2, 0.25) is 5.02 Å². The van der Waals surface area contributed by atoms with Gasteiger partial charge in [0.1, 0.15) is 0 Å². The zero-order valence-electron chi connectivity index (χ0n) is 17.5. The molecule has 1 aliphatic rings. The summed E-state index contributed by atoms with van der Waals surface area (Å²) in [5.41, 5.74) is 3.30. The lowest BCUT2D eigenvalue weighted by molar-refractivity contribution is 0.101. The van der Waals surface area contributed by atoms with E-state index in [0.717, 1.165) is 47.8 Å². The minimum absolute atomic E-state index is 0.0506. The molecule has 1 saturated carbocycles. The van der Waals surface area contributed by atoms with Gasteiger partial charge in [0.05, 0.1) is 21.8 Å². The van der Waals surface area contributed by atoms with E-state index < -0.39 is 11.6 Å². The highest BCUT2D eigenvalue weighted by atomic mass is 35.5. The number of fused-ring (bicyclic) bond motifs is 1. The van der Waals surface area contributed by atoms with Crippen molar-refractivity contribution in [1.29, 1.82) is 0 Å². The van der Waals surface area contributed by atoms with Crippen molar-refractivity contribution in [1.82, 2.24) is 10.3 Å². The lowest BCUT2D eigenvalue weighted by Crippen LogP contribution is -2.35. The Morgan fingerprint density at radius 3 is 2.48 bits per heavy atom. The number of hydrogen-bond acceptors (Lipinski definition) is 5. The van der Waals surface area contributed by atoms with Crippen molar-refractivity contribution in [3.8, 4) is 16.9 Å². The van der Waals surface area contributed by atoms with Crippen LogP contribution in [0.3, 0.4) is 0 Å². The van der Waals surface area contributed by atoms with Crippen LogP contribution >= 0.6 is 11.6 Å². The second kappa shape index (κ2) is 8.81. The van der Waals surface area contributed by atoms with Gasteiger partial charge in [-0.05, 0) is 75.0 Å². The Hall–Kier alpha value is -2.70. The predicted octanol–water partition coefficient (Wildman–Crippen LogP) is 5.55. The number of benzene rings is 2. The highest BCUT2D eigenvalue weighted by molar-refractivity contribution is 6.32. The van der Waals surface area contributed by atoms with Crippen molar-refractivity contribution in [2.75, 3.05) is 12.4 Å². The first-order valence-corrected chi connectivity index (χ1v) is 10.8. The molecule has 3 N–H and O–H groups in total. The molecule has 1 heterocycles. The summed E-state index contributed by atoms with van der Waals surface area (Å²) in [6, 6.07) is 9.12. The van der Waals surface area contributed by atoms with E-state index in [1.54, 1.807) is 6.20 Å². The number of phenols is 1. The predicted molar refractivity (Wildman–Crippen MR) is 123 cm³/mol. The molecule has 0 radical (unpaired) electrons. The summed E-state index contributed by atoms with van der Waals surface area (Å²) in [4.78, 5) is 16.8. The normalized spacial score (nSPS) is 18.8. The Morgan fingerprint density at radius 1 is 1.13 bits per heavy atom. The van der Waals surface area contributed by atoms with Crippen LogP contribution in [0.15, 0.2) is 36.5 Å². The molecule has 7 heteroatoms. The molecule has 31 heavy (non-hydrogen) atoms. The van der Waals surface area contributed by atoms with Gasteiger partial charge in [-0.2, -0.15) is 0 Å². The first-order valence-electron chi connectivity index (χ1n) is 10.4. The van der Waals surface area contributed by atoms with Crippen molar-refractivity contribution < 1.29 is 14.3 Å². The number of rotatable bonds is 5. The largest absolute Gasteiger partial charge is 0.504 e. The average Bonchev–Trinajstić information content (AvgIpc) is 2.77. The van der Waals surface area contributed by atoms with Crippen molar-refractivity contribution >= 4 is 34.0 Å². The number of halogens is 2. The molecule has 2 aromatic carbocycles. The maximum atomic E-state index is 14.0. The zero-order chi connectivity index (χ0) is 22.1. The molecule has 0 spiro atoms. The summed E-state index contributed by atoms with van der Waals surface area (Å²) in [5.74, 6) is -1.41. The van der Waals surface area contributed by atoms with Crippen molar-refractivity contribution in [3.63, 3.8) is 0 Å². The van der Waals surface area contributed by atoms with Crippen LogP contribution in [-0.2, 0) is 0 Å². The summed E-state index contributed by atoms with van der Waals surface area (Å²) in [6.07, 6.45) is 5.77.